The molecule has 0 spiro atoms. The monoisotopic (exact) mass is 278 g/mol. The molecule has 2 nitrogen and oxygen atoms in total. The smallest absolute Gasteiger partial charge is 0.163 e. The highest BCUT2D eigenvalue weighted by Gasteiger charge is 2.14. The summed E-state index contributed by atoms with van der Waals surface area (Å²) >= 11 is 8.49. The van der Waals surface area contributed by atoms with Gasteiger partial charge in [-0.25, -0.2) is 18.7 Å². The van der Waals surface area contributed by atoms with Crippen molar-refractivity contribution in [2.45, 2.75) is 0 Å². The minimum absolute atomic E-state index is 0.0114. The van der Waals surface area contributed by atoms with Crippen molar-refractivity contribution in [1.82, 2.24) is 9.97 Å². The molecular weight excluding hydrogens is 277 g/mol. The summed E-state index contributed by atoms with van der Waals surface area (Å²) in [7, 11) is 0. The van der Waals surface area contributed by atoms with E-state index in [9.17, 15) is 8.78 Å². The Kier molecular flexibility index (Phi) is 2.36. The molecule has 0 saturated carbocycles. The first kappa shape index (κ1) is 9.73. The standard InChI is InChI=1S/C8H2BrClF2N2/c9-3-1-4(11)5-7(6(3)12)13-2-14-8(5)10/h1-2H. The van der Waals surface area contributed by atoms with Crippen LogP contribution in [0.5, 0.6) is 0 Å². The number of benzene rings is 1. The summed E-state index contributed by atoms with van der Waals surface area (Å²) in [4.78, 5) is 7.19. The van der Waals surface area contributed by atoms with Gasteiger partial charge >= 0.3 is 0 Å². The van der Waals surface area contributed by atoms with E-state index in [-0.39, 0.29) is 20.5 Å². The fraction of sp³-hybridized carbons (Fsp3) is 0. The van der Waals surface area contributed by atoms with Gasteiger partial charge in [0.05, 0.1) is 9.86 Å². The summed E-state index contributed by atoms with van der Waals surface area (Å²) in [5.41, 5.74) is -0.128. The van der Waals surface area contributed by atoms with Gasteiger partial charge in [-0.05, 0) is 22.0 Å². The van der Waals surface area contributed by atoms with Crippen molar-refractivity contribution in [3.05, 3.63) is 33.7 Å². The Bertz CT molecular complexity index is 518. The SMILES string of the molecule is Fc1c(Br)cc(F)c2c(Cl)ncnc12. The van der Waals surface area contributed by atoms with Gasteiger partial charge in [-0.2, -0.15) is 0 Å². The van der Waals surface area contributed by atoms with Gasteiger partial charge in [0.25, 0.3) is 0 Å². The molecule has 1 heterocycles. The highest BCUT2D eigenvalue weighted by molar-refractivity contribution is 9.10. The van der Waals surface area contributed by atoms with Gasteiger partial charge in [0.1, 0.15) is 22.8 Å². The van der Waals surface area contributed by atoms with Crippen LogP contribution in [0.3, 0.4) is 0 Å². The van der Waals surface area contributed by atoms with Crippen molar-refractivity contribution >= 4 is 38.4 Å². The third-order valence-corrected chi connectivity index (χ3v) is 2.57. The van der Waals surface area contributed by atoms with Crippen molar-refractivity contribution in [1.29, 1.82) is 0 Å². The Morgan fingerprint density at radius 3 is 2.71 bits per heavy atom. The van der Waals surface area contributed by atoms with E-state index in [0.29, 0.717) is 0 Å². The Morgan fingerprint density at radius 1 is 1.29 bits per heavy atom. The molecule has 0 atom stereocenters. The number of aromatic nitrogens is 2. The highest BCUT2D eigenvalue weighted by atomic mass is 79.9. The van der Waals surface area contributed by atoms with Gasteiger partial charge in [0, 0.05) is 0 Å². The predicted octanol–water partition coefficient (Wildman–Crippen LogP) is 3.32. The third-order valence-electron chi connectivity index (χ3n) is 1.71. The van der Waals surface area contributed by atoms with Gasteiger partial charge in [-0.3, -0.25) is 0 Å². The molecule has 72 valence electrons. The Hall–Kier alpha value is -0.810. The van der Waals surface area contributed by atoms with E-state index in [2.05, 4.69) is 25.9 Å². The van der Waals surface area contributed by atoms with Crippen LogP contribution in [-0.4, -0.2) is 9.97 Å². The molecule has 2 aromatic rings. The minimum atomic E-state index is -0.654. The second-order valence-electron chi connectivity index (χ2n) is 2.54. The zero-order valence-corrected chi connectivity index (χ0v) is 8.90. The quantitative estimate of drug-likeness (QED) is 0.546. The summed E-state index contributed by atoms with van der Waals surface area (Å²) in [5.74, 6) is -1.30. The van der Waals surface area contributed by atoms with E-state index < -0.39 is 11.6 Å². The average Bonchev–Trinajstić information content (AvgIpc) is 2.14. The van der Waals surface area contributed by atoms with Gasteiger partial charge in [0.2, 0.25) is 0 Å². The first-order valence-electron chi connectivity index (χ1n) is 3.55. The Morgan fingerprint density at radius 2 is 2.00 bits per heavy atom. The first-order chi connectivity index (χ1) is 6.61. The molecule has 0 fully saturated rings. The van der Waals surface area contributed by atoms with Crippen LogP contribution in [0.15, 0.2) is 16.9 Å². The van der Waals surface area contributed by atoms with Crippen molar-refractivity contribution in [2.24, 2.45) is 0 Å². The molecule has 0 aliphatic rings. The average molecular weight is 279 g/mol. The fourth-order valence-corrected chi connectivity index (χ4v) is 1.71. The zero-order chi connectivity index (χ0) is 10.3. The number of fused-ring (bicyclic) bond motifs is 1. The number of hydrogen-bond donors (Lipinski definition) is 0. The predicted molar refractivity (Wildman–Crippen MR) is 52.2 cm³/mol. The topological polar surface area (TPSA) is 25.8 Å². The number of rotatable bonds is 0. The Balaban J connectivity index is 3.02. The first-order valence-corrected chi connectivity index (χ1v) is 4.72. The molecule has 0 aliphatic carbocycles. The molecule has 0 N–H and O–H groups in total. The minimum Gasteiger partial charge on any atom is -0.233 e. The lowest BCUT2D eigenvalue weighted by molar-refractivity contribution is 0.609. The van der Waals surface area contributed by atoms with Crippen LogP contribution in [0.4, 0.5) is 8.78 Å². The molecule has 0 unspecified atom stereocenters. The van der Waals surface area contributed by atoms with E-state index in [0.717, 1.165) is 12.4 Å². The maximum Gasteiger partial charge on any atom is 0.163 e. The van der Waals surface area contributed by atoms with Crippen LogP contribution < -0.4 is 0 Å². The molecule has 0 amide bonds. The summed E-state index contributed by atoms with van der Waals surface area (Å²) in [5, 5.41) is -0.200. The third kappa shape index (κ3) is 1.36. The second-order valence-corrected chi connectivity index (χ2v) is 3.75. The maximum absolute atomic E-state index is 13.4. The van der Waals surface area contributed by atoms with Crippen LogP contribution in [0.25, 0.3) is 10.9 Å². The van der Waals surface area contributed by atoms with Gasteiger partial charge < -0.3 is 0 Å². The van der Waals surface area contributed by atoms with E-state index in [1.165, 1.54) is 0 Å². The van der Waals surface area contributed by atoms with Crippen LogP contribution in [0.1, 0.15) is 0 Å². The maximum atomic E-state index is 13.4. The molecule has 1 aromatic heterocycles. The summed E-state index contributed by atoms with van der Waals surface area (Å²) in [6.45, 7) is 0. The molecule has 0 saturated heterocycles. The molecule has 2 rings (SSSR count). The zero-order valence-electron chi connectivity index (χ0n) is 6.56. The number of hydrogen-bond acceptors (Lipinski definition) is 2. The lowest BCUT2D eigenvalue weighted by Gasteiger charge is -2.02. The normalized spacial score (nSPS) is 10.9. The largest absolute Gasteiger partial charge is 0.233 e. The molecule has 0 aliphatic heterocycles. The van der Waals surface area contributed by atoms with Crippen LogP contribution in [0, 0.1) is 11.6 Å². The summed E-state index contributed by atoms with van der Waals surface area (Å²) < 4.78 is 26.7. The van der Waals surface area contributed by atoms with Crippen molar-refractivity contribution in [2.75, 3.05) is 0 Å². The molecular formula is C8H2BrClF2N2. The number of halogens is 4. The second kappa shape index (κ2) is 3.40. The molecule has 6 heteroatoms. The lowest BCUT2D eigenvalue weighted by atomic mass is 10.2. The fourth-order valence-electron chi connectivity index (χ4n) is 1.10. The summed E-state index contributed by atoms with van der Waals surface area (Å²) in [6, 6.07) is 0.993. The van der Waals surface area contributed by atoms with Crippen molar-refractivity contribution in [3.8, 4) is 0 Å². The van der Waals surface area contributed by atoms with Crippen LogP contribution in [0.2, 0.25) is 5.15 Å². The molecule has 14 heavy (non-hydrogen) atoms. The molecule has 0 bridgehead atoms. The van der Waals surface area contributed by atoms with Crippen molar-refractivity contribution in [3.63, 3.8) is 0 Å². The highest BCUT2D eigenvalue weighted by Crippen LogP contribution is 2.29. The molecule has 0 radical (unpaired) electrons. The van der Waals surface area contributed by atoms with E-state index >= 15 is 0 Å². The van der Waals surface area contributed by atoms with Gasteiger partial charge in [-0.15, -0.1) is 0 Å². The lowest BCUT2D eigenvalue weighted by Crippen LogP contribution is -1.92. The van der Waals surface area contributed by atoms with Crippen LogP contribution >= 0.6 is 27.5 Å². The van der Waals surface area contributed by atoms with E-state index in [1.807, 2.05) is 0 Å². The van der Waals surface area contributed by atoms with E-state index in [4.69, 9.17) is 11.6 Å². The van der Waals surface area contributed by atoms with Gasteiger partial charge in [-0.1, -0.05) is 11.6 Å². The van der Waals surface area contributed by atoms with Crippen LogP contribution in [-0.2, 0) is 0 Å². The molecule has 1 aromatic carbocycles. The van der Waals surface area contributed by atoms with Gasteiger partial charge in [0.15, 0.2) is 5.82 Å². The van der Waals surface area contributed by atoms with E-state index in [1.54, 1.807) is 0 Å². The summed E-state index contributed by atoms with van der Waals surface area (Å²) in [6.07, 6.45) is 1.08. The van der Waals surface area contributed by atoms with Crippen molar-refractivity contribution < 1.29 is 8.78 Å². The number of nitrogens with zero attached hydrogens (tertiary/aromatic N) is 2. The Labute approximate surface area is 91.1 Å².